The van der Waals surface area contributed by atoms with Crippen LogP contribution in [0.1, 0.15) is 28.9 Å². The number of nitrogens with zero attached hydrogens (tertiary/aromatic N) is 4. The van der Waals surface area contributed by atoms with Gasteiger partial charge in [-0.25, -0.2) is 4.68 Å². The average molecular weight is 323 g/mol. The molecule has 0 radical (unpaired) electrons. The summed E-state index contributed by atoms with van der Waals surface area (Å²) in [5.41, 5.74) is 2.28. The van der Waals surface area contributed by atoms with Gasteiger partial charge in [0.05, 0.1) is 18.8 Å². The number of methoxy groups -OCH3 is 1. The summed E-state index contributed by atoms with van der Waals surface area (Å²) in [6.45, 7) is 1.92. The van der Waals surface area contributed by atoms with Crippen LogP contribution in [0.4, 0.5) is 0 Å². The summed E-state index contributed by atoms with van der Waals surface area (Å²) >= 11 is 0. The molecule has 0 aliphatic rings. The van der Waals surface area contributed by atoms with Gasteiger partial charge in [0.2, 0.25) is 0 Å². The molecule has 2 aromatic carbocycles. The highest BCUT2D eigenvalue weighted by Gasteiger charge is 2.14. The minimum atomic E-state index is -0.173. The second-order valence-corrected chi connectivity index (χ2v) is 5.24. The molecule has 0 saturated carbocycles. The summed E-state index contributed by atoms with van der Waals surface area (Å²) < 4.78 is 6.86. The molecule has 0 aliphatic heterocycles. The first kappa shape index (κ1) is 15.7. The lowest BCUT2D eigenvalue weighted by Gasteiger charge is -2.17. The molecule has 0 saturated heterocycles. The molecule has 1 N–H and O–H groups in total. The van der Waals surface area contributed by atoms with E-state index in [0.717, 1.165) is 17.0 Å². The Morgan fingerprint density at radius 2 is 1.92 bits per heavy atom. The van der Waals surface area contributed by atoms with Crippen molar-refractivity contribution in [2.75, 3.05) is 7.11 Å². The monoisotopic (exact) mass is 323 g/mol. The molecule has 0 aliphatic carbocycles. The number of rotatable bonds is 5. The highest BCUT2D eigenvalue weighted by Crippen LogP contribution is 2.24. The van der Waals surface area contributed by atoms with Gasteiger partial charge in [-0.2, -0.15) is 0 Å². The van der Waals surface area contributed by atoms with Crippen molar-refractivity contribution in [3.8, 4) is 11.4 Å². The van der Waals surface area contributed by atoms with Crippen LogP contribution >= 0.6 is 0 Å². The quantitative estimate of drug-likeness (QED) is 0.778. The van der Waals surface area contributed by atoms with Crippen LogP contribution in [-0.4, -0.2) is 33.2 Å². The molecule has 1 atom stereocenters. The first-order valence-corrected chi connectivity index (χ1v) is 7.46. The lowest BCUT2D eigenvalue weighted by Crippen LogP contribution is -2.26. The van der Waals surface area contributed by atoms with Crippen molar-refractivity contribution >= 4 is 5.91 Å². The van der Waals surface area contributed by atoms with E-state index in [1.54, 1.807) is 31.4 Å². The van der Waals surface area contributed by atoms with E-state index < -0.39 is 0 Å². The number of nitrogens with one attached hydrogen (secondary N) is 1. The van der Waals surface area contributed by atoms with Crippen molar-refractivity contribution in [3.63, 3.8) is 0 Å². The lowest BCUT2D eigenvalue weighted by atomic mass is 10.1. The predicted molar refractivity (Wildman–Crippen MR) is 88.0 cm³/mol. The number of para-hydroxylation sites is 1. The third kappa shape index (κ3) is 3.24. The van der Waals surface area contributed by atoms with Gasteiger partial charge in [0, 0.05) is 11.1 Å². The molecule has 1 aromatic heterocycles. The minimum Gasteiger partial charge on any atom is -0.496 e. The van der Waals surface area contributed by atoms with E-state index >= 15 is 0 Å². The Bertz CT molecular complexity index is 815. The van der Waals surface area contributed by atoms with E-state index in [-0.39, 0.29) is 11.9 Å². The second-order valence-electron chi connectivity index (χ2n) is 5.24. The van der Waals surface area contributed by atoms with E-state index in [4.69, 9.17) is 4.74 Å². The summed E-state index contributed by atoms with van der Waals surface area (Å²) in [6, 6.07) is 14.5. The lowest BCUT2D eigenvalue weighted by molar-refractivity contribution is 0.0939. The maximum atomic E-state index is 12.4. The fourth-order valence-electron chi connectivity index (χ4n) is 2.43. The Hall–Kier alpha value is -3.22. The fraction of sp³-hybridized carbons (Fsp3) is 0.176. The molecule has 7 heteroatoms. The molecule has 1 heterocycles. The first-order chi connectivity index (χ1) is 11.7. The standard InChI is InChI=1S/C17H17N5O2/c1-12(15-5-3-4-6-16(15)24-2)19-17(23)13-7-9-14(10-8-13)22-11-18-20-21-22/h3-12H,1-2H3,(H,19,23)/t12-/m1/s1. The van der Waals surface area contributed by atoms with Gasteiger partial charge in [0.1, 0.15) is 12.1 Å². The van der Waals surface area contributed by atoms with Crippen molar-refractivity contribution in [3.05, 3.63) is 66.0 Å². The number of carbonyl (C=O) groups excluding carboxylic acids is 1. The van der Waals surface area contributed by atoms with Gasteiger partial charge >= 0.3 is 0 Å². The summed E-state index contributed by atoms with van der Waals surface area (Å²) in [4.78, 5) is 12.4. The van der Waals surface area contributed by atoms with Gasteiger partial charge in [0.25, 0.3) is 5.91 Å². The summed E-state index contributed by atoms with van der Waals surface area (Å²) in [5, 5.41) is 14.0. The highest BCUT2D eigenvalue weighted by molar-refractivity contribution is 5.94. The maximum Gasteiger partial charge on any atom is 0.251 e. The van der Waals surface area contributed by atoms with Gasteiger partial charge in [-0.15, -0.1) is 5.10 Å². The zero-order valence-corrected chi connectivity index (χ0v) is 13.4. The van der Waals surface area contributed by atoms with Crippen molar-refractivity contribution in [2.24, 2.45) is 0 Å². The molecule has 3 aromatic rings. The molecule has 0 bridgehead atoms. The van der Waals surface area contributed by atoms with Crippen LogP contribution in [0.15, 0.2) is 54.9 Å². The third-order valence-corrected chi connectivity index (χ3v) is 3.70. The van der Waals surface area contributed by atoms with Gasteiger partial charge in [-0.1, -0.05) is 18.2 Å². The largest absolute Gasteiger partial charge is 0.496 e. The Morgan fingerprint density at radius 3 is 2.58 bits per heavy atom. The van der Waals surface area contributed by atoms with E-state index in [1.807, 2.05) is 31.2 Å². The molecule has 0 spiro atoms. The van der Waals surface area contributed by atoms with E-state index in [9.17, 15) is 4.79 Å². The number of tetrazole rings is 1. The molecule has 0 fully saturated rings. The zero-order valence-electron chi connectivity index (χ0n) is 13.4. The number of carbonyl (C=O) groups is 1. The molecule has 3 rings (SSSR count). The van der Waals surface area contributed by atoms with Gasteiger partial charge in [-0.3, -0.25) is 4.79 Å². The predicted octanol–water partition coefficient (Wildman–Crippen LogP) is 2.16. The van der Waals surface area contributed by atoms with E-state index in [1.165, 1.54) is 11.0 Å². The molecular weight excluding hydrogens is 306 g/mol. The van der Waals surface area contributed by atoms with Gasteiger partial charge in [0.15, 0.2) is 0 Å². The number of amides is 1. The van der Waals surface area contributed by atoms with Crippen LogP contribution in [-0.2, 0) is 0 Å². The Kier molecular flexibility index (Phi) is 4.51. The Labute approximate surface area is 139 Å². The molecule has 122 valence electrons. The highest BCUT2D eigenvalue weighted by atomic mass is 16.5. The van der Waals surface area contributed by atoms with Crippen LogP contribution in [0.5, 0.6) is 5.75 Å². The Balaban J connectivity index is 1.72. The van der Waals surface area contributed by atoms with Gasteiger partial charge < -0.3 is 10.1 Å². The van der Waals surface area contributed by atoms with Crippen LogP contribution < -0.4 is 10.1 Å². The number of hydrogen-bond acceptors (Lipinski definition) is 5. The smallest absolute Gasteiger partial charge is 0.251 e. The van der Waals surface area contributed by atoms with Crippen LogP contribution in [0.25, 0.3) is 5.69 Å². The van der Waals surface area contributed by atoms with Crippen LogP contribution in [0, 0.1) is 0 Å². The topological polar surface area (TPSA) is 81.9 Å². The summed E-state index contributed by atoms with van der Waals surface area (Å²) in [6.07, 6.45) is 1.50. The second kappa shape index (κ2) is 6.91. The van der Waals surface area contributed by atoms with E-state index in [2.05, 4.69) is 20.8 Å². The van der Waals surface area contributed by atoms with Crippen LogP contribution in [0.2, 0.25) is 0 Å². The zero-order chi connectivity index (χ0) is 16.9. The fourth-order valence-corrected chi connectivity index (χ4v) is 2.43. The minimum absolute atomic E-state index is 0.156. The molecule has 7 nitrogen and oxygen atoms in total. The first-order valence-electron chi connectivity index (χ1n) is 7.46. The average Bonchev–Trinajstić information content (AvgIpc) is 3.16. The van der Waals surface area contributed by atoms with Crippen molar-refractivity contribution in [2.45, 2.75) is 13.0 Å². The molecular formula is C17H17N5O2. The Morgan fingerprint density at radius 1 is 1.17 bits per heavy atom. The molecule has 0 unspecified atom stereocenters. The SMILES string of the molecule is COc1ccccc1[C@@H](C)NC(=O)c1ccc(-n2cnnn2)cc1. The van der Waals surface area contributed by atoms with Crippen molar-refractivity contribution < 1.29 is 9.53 Å². The number of ether oxygens (including phenoxy) is 1. The van der Waals surface area contributed by atoms with Crippen molar-refractivity contribution in [1.29, 1.82) is 0 Å². The van der Waals surface area contributed by atoms with Gasteiger partial charge in [-0.05, 0) is 47.7 Å². The van der Waals surface area contributed by atoms with E-state index in [0.29, 0.717) is 5.56 Å². The summed E-state index contributed by atoms with van der Waals surface area (Å²) in [7, 11) is 1.62. The number of benzene rings is 2. The van der Waals surface area contributed by atoms with Crippen molar-refractivity contribution in [1.82, 2.24) is 25.5 Å². The third-order valence-electron chi connectivity index (χ3n) is 3.70. The summed E-state index contributed by atoms with van der Waals surface area (Å²) in [5.74, 6) is 0.594. The van der Waals surface area contributed by atoms with Crippen LogP contribution in [0.3, 0.4) is 0 Å². The number of aromatic nitrogens is 4. The molecule has 24 heavy (non-hydrogen) atoms. The molecule has 1 amide bonds. The number of hydrogen-bond donors (Lipinski definition) is 1. The normalized spacial score (nSPS) is 11.8. The maximum absolute atomic E-state index is 12.4.